The van der Waals surface area contributed by atoms with E-state index in [9.17, 15) is 9.90 Å². The molecule has 1 N–H and O–H groups in total. The fourth-order valence-electron chi connectivity index (χ4n) is 3.05. The molecule has 0 radical (unpaired) electrons. The third-order valence-electron chi connectivity index (χ3n) is 4.33. The van der Waals surface area contributed by atoms with E-state index in [1.807, 2.05) is 19.1 Å². The predicted molar refractivity (Wildman–Crippen MR) is 92.7 cm³/mol. The lowest BCUT2D eigenvalue weighted by molar-refractivity contribution is -0.136. The first kappa shape index (κ1) is 17.2. The smallest absolute Gasteiger partial charge is 0.261 e. The van der Waals surface area contributed by atoms with Gasteiger partial charge in [-0.2, -0.15) is 0 Å². The van der Waals surface area contributed by atoms with Crippen LogP contribution in [0.1, 0.15) is 19.8 Å². The maximum Gasteiger partial charge on any atom is 0.261 e. The number of hydrogen-bond acceptors (Lipinski definition) is 5. The fraction of sp³-hybridized carbons (Fsp3) is 0.368. The van der Waals surface area contributed by atoms with E-state index in [0.29, 0.717) is 17.4 Å². The van der Waals surface area contributed by atoms with E-state index in [0.717, 1.165) is 12.8 Å². The van der Waals surface area contributed by atoms with Gasteiger partial charge in [0.1, 0.15) is 11.5 Å². The van der Waals surface area contributed by atoms with E-state index in [1.165, 1.54) is 0 Å². The fourth-order valence-corrected chi connectivity index (χ4v) is 3.05. The Morgan fingerprint density at radius 3 is 2.64 bits per heavy atom. The average Bonchev–Trinajstić information content (AvgIpc) is 3.02. The van der Waals surface area contributed by atoms with Gasteiger partial charge in [-0.15, -0.1) is 0 Å². The van der Waals surface area contributed by atoms with Gasteiger partial charge in [0.15, 0.2) is 6.61 Å². The molecule has 2 heterocycles. The molecule has 0 spiro atoms. The number of carbonyl (C=O) groups excluding carboxylic acids is 1. The Balaban J connectivity index is 1.54. The quantitative estimate of drug-likeness (QED) is 0.874. The number of pyridine rings is 1. The van der Waals surface area contributed by atoms with Gasteiger partial charge in [-0.05, 0) is 50.1 Å². The van der Waals surface area contributed by atoms with Crippen molar-refractivity contribution in [3.05, 3.63) is 48.7 Å². The number of aliphatic hydroxyl groups is 1. The van der Waals surface area contributed by atoms with Gasteiger partial charge in [0.25, 0.3) is 5.91 Å². The van der Waals surface area contributed by atoms with Crippen LogP contribution in [-0.4, -0.2) is 46.2 Å². The van der Waals surface area contributed by atoms with Gasteiger partial charge < -0.3 is 19.5 Å². The van der Waals surface area contributed by atoms with Crippen molar-refractivity contribution in [3.63, 3.8) is 0 Å². The minimum Gasteiger partial charge on any atom is -0.484 e. The molecule has 2 aromatic rings. The molecule has 1 saturated heterocycles. The number of aromatic nitrogens is 1. The molecule has 3 rings (SSSR count). The zero-order valence-electron chi connectivity index (χ0n) is 14.2. The van der Waals surface area contributed by atoms with Crippen molar-refractivity contribution in [2.45, 2.75) is 31.8 Å². The summed E-state index contributed by atoms with van der Waals surface area (Å²) in [6.07, 6.45) is 3.41. The molecule has 25 heavy (non-hydrogen) atoms. The van der Waals surface area contributed by atoms with Gasteiger partial charge >= 0.3 is 0 Å². The molecule has 0 aliphatic carbocycles. The Morgan fingerprint density at radius 2 is 1.96 bits per heavy atom. The highest BCUT2D eigenvalue weighted by molar-refractivity contribution is 5.78. The van der Waals surface area contributed by atoms with Crippen molar-refractivity contribution < 1.29 is 19.4 Å². The summed E-state index contributed by atoms with van der Waals surface area (Å²) in [6, 6.07) is 12.5. The first-order chi connectivity index (χ1) is 12.2. The highest BCUT2D eigenvalue weighted by Gasteiger charge is 2.33. The van der Waals surface area contributed by atoms with Crippen molar-refractivity contribution >= 4 is 5.91 Å². The van der Waals surface area contributed by atoms with Crippen molar-refractivity contribution in [2.24, 2.45) is 0 Å². The molecule has 132 valence electrons. The number of amides is 1. The van der Waals surface area contributed by atoms with Crippen LogP contribution >= 0.6 is 0 Å². The summed E-state index contributed by atoms with van der Waals surface area (Å²) in [6.45, 7) is 1.95. The maximum atomic E-state index is 12.4. The van der Waals surface area contributed by atoms with E-state index in [-0.39, 0.29) is 31.2 Å². The van der Waals surface area contributed by atoms with Gasteiger partial charge in [-0.1, -0.05) is 6.07 Å². The van der Waals surface area contributed by atoms with Crippen molar-refractivity contribution in [2.75, 3.05) is 13.2 Å². The minimum atomic E-state index is -0.0992. The molecular formula is C19H22N2O4. The SMILES string of the molecule is C[C@@H]1CC[C@H](CO)N1C(=O)COc1ccc(Oc2ccccn2)cc1. The van der Waals surface area contributed by atoms with Gasteiger partial charge in [0, 0.05) is 18.3 Å². The molecule has 1 aliphatic rings. The average molecular weight is 342 g/mol. The number of likely N-dealkylation sites (tertiary alicyclic amines) is 1. The molecule has 0 unspecified atom stereocenters. The number of benzene rings is 1. The summed E-state index contributed by atoms with van der Waals surface area (Å²) < 4.78 is 11.2. The topological polar surface area (TPSA) is 71.9 Å². The van der Waals surface area contributed by atoms with Crippen LogP contribution in [0.4, 0.5) is 0 Å². The molecule has 1 aromatic heterocycles. The normalized spacial score (nSPS) is 19.7. The third-order valence-corrected chi connectivity index (χ3v) is 4.33. The number of rotatable bonds is 6. The van der Waals surface area contributed by atoms with Crippen LogP contribution in [0.2, 0.25) is 0 Å². The maximum absolute atomic E-state index is 12.4. The zero-order valence-corrected chi connectivity index (χ0v) is 14.2. The highest BCUT2D eigenvalue weighted by Crippen LogP contribution is 2.25. The van der Waals surface area contributed by atoms with Crippen molar-refractivity contribution in [3.8, 4) is 17.4 Å². The van der Waals surface area contributed by atoms with Crippen LogP contribution in [0.3, 0.4) is 0 Å². The van der Waals surface area contributed by atoms with Gasteiger partial charge in [0.05, 0.1) is 12.6 Å². The second kappa shape index (κ2) is 7.98. The lowest BCUT2D eigenvalue weighted by atomic mass is 10.2. The zero-order chi connectivity index (χ0) is 17.6. The molecule has 1 aliphatic heterocycles. The summed E-state index contributed by atoms with van der Waals surface area (Å²) in [5.41, 5.74) is 0. The highest BCUT2D eigenvalue weighted by atomic mass is 16.5. The first-order valence-corrected chi connectivity index (χ1v) is 8.41. The molecule has 6 heteroatoms. The number of nitrogens with zero attached hydrogens (tertiary/aromatic N) is 2. The lowest BCUT2D eigenvalue weighted by Crippen LogP contribution is -2.44. The van der Waals surface area contributed by atoms with Crippen LogP contribution in [0, 0.1) is 0 Å². The molecule has 1 amide bonds. The predicted octanol–water partition coefficient (Wildman–Crippen LogP) is 2.62. The van der Waals surface area contributed by atoms with Crippen LogP contribution in [0.5, 0.6) is 17.4 Å². The third kappa shape index (κ3) is 4.28. The van der Waals surface area contributed by atoms with E-state index in [4.69, 9.17) is 9.47 Å². The molecular weight excluding hydrogens is 320 g/mol. The van der Waals surface area contributed by atoms with E-state index >= 15 is 0 Å². The Hall–Kier alpha value is -2.60. The van der Waals surface area contributed by atoms with Crippen molar-refractivity contribution in [1.29, 1.82) is 0 Å². The molecule has 0 bridgehead atoms. The van der Waals surface area contributed by atoms with Crippen LogP contribution in [0.25, 0.3) is 0 Å². The largest absolute Gasteiger partial charge is 0.484 e. The van der Waals surface area contributed by atoms with E-state index < -0.39 is 0 Å². The molecule has 0 saturated carbocycles. The summed E-state index contributed by atoms with van der Waals surface area (Å²) in [4.78, 5) is 18.2. The Kier molecular flexibility index (Phi) is 5.50. The number of ether oxygens (including phenoxy) is 2. The van der Waals surface area contributed by atoms with E-state index in [1.54, 1.807) is 41.4 Å². The first-order valence-electron chi connectivity index (χ1n) is 8.41. The number of hydrogen-bond donors (Lipinski definition) is 1. The molecule has 2 atom stereocenters. The standard InChI is InChI=1S/C19H22N2O4/c1-14-5-6-15(12-22)21(14)19(23)13-24-16-7-9-17(10-8-16)25-18-4-2-3-11-20-18/h2-4,7-11,14-15,22H,5-6,12-13H2,1H3/t14-,15-/m1/s1. The number of carbonyl (C=O) groups is 1. The van der Waals surface area contributed by atoms with Gasteiger partial charge in [-0.25, -0.2) is 4.98 Å². The Morgan fingerprint density at radius 1 is 1.20 bits per heavy atom. The van der Waals surface area contributed by atoms with Crippen LogP contribution in [0.15, 0.2) is 48.7 Å². The molecule has 1 aromatic carbocycles. The minimum absolute atomic E-state index is 0.00433. The molecule has 6 nitrogen and oxygen atoms in total. The Labute approximate surface area is 147 Å². The summed E-state index contributed by atoms with van der Waals surface area (Å²) in [7, 11) is 0. The lowest BCUT2D eigenvalue weighted by Gasteiger charge is -2.27. The number of aliphatic hydroxyl groups excluding tert-OH is 1. The summed E-state index contributed by atoms with van der Waals surface area (Å²) >= 11 is 0. The Bertz CT molecular complexity index is 690. The summed E-state index contributed by atoms with van der Waals surface area (Å²) in [5, 5.41) is 9.39. The monoisotopic (exact) mass is 342 g/mol. The van der Waals surface area contributed by atoms with Gasteiger partial charge in [0.2, 0.25) is 5.88 Å². The van der Waals surface area contributed by atoms with Gasteiger partial charge in [-0.3, -0.25) is 4.79 Å². The summed E-state index contributed by atoms with van der Waals surface area (Å²) in [5.74, 6) is 1.65. The van der Waals surface area contributed by atoms with E-state index in [2.05, 4.69) is 4.98 Å². The molecule has 1 fully saturated rings. The second-order valence-electron chi connectivity index (χ2n) is 6.09. The second-order valence-corrected chi connectivity index (χ2v) is 6.09. The van der Waals surface area contributed by atoms with Crippen molar-refractivity contribution in [1.82, 2.24) is 9.88 Å². The van der Waals surface area contributed by atoms with Crippen LogP contribution in [-0.2, 0) is 4.79 Å². The van der Waals surface area contributed by atoms with Crippen LogP contribution < -0.4 is 9.47 Å².